The van der Waals surface area contributed by atoms with E-state index in [0.29, 0.717) is 5.82 Å². The number of nitrogens with zero attached hydrogens (tertiary/aromatic N) is 4. The minimum absolute atomic E-state index is 0.0385. The molecule has 2 aromatic heterocycles. The van der Waals surface area contributed by atoms with Crippen LogP contribution >= 0.6 is 0 Å². The fourth-order valence-electron chi connectivity index (χ4n) is 4.20. The van der Waals surface area contributed by atoms with Crippen LogP contribution in [-0.4, -0.2) is 33.4 Å². The summed E-state index contributed by atoms with van der Waals surface area (Å²) in [6, 6.07) is 15.7. The van der Waals surface area contributed by atoms with E-state index in [4.69, 9.17) is 5.73 Å². The first-order valence-electron chi connectivity index (χ1n) is 10.3. The van der Waals surface area contributed by atoms with Crippen molar-refractivity contribution in [3.8, 4) is 11.1 Å². The molecule has 0 aliphatic carbocycles. The summed E-state index contributed by atoms with van der Waals surface area (Å²) >= 11 is 0. The molecule has 1 aliphatic rings. The number of esters is 1. The third-order valence-electron chi connectivity index (χ3n) is 5.61. The number of hydrogen-bond donors (Lipinski definition) is 1. The summed E-state index contributed by atoms with van der Waals surface area (Å²) in [4.78, 5) is 30.2. The Hall–Kier alpha value is -4.20. The van der Waals surface area contributed by atoms with Crippen LogP contribution in [0.5, 0.6) is 0 Å². The Morgan fingerprint density at radius 3 is 2.72 bits per heavy atom. The van der Waals surface area contributed by atoms with Gasteiger partial charge in [-0.1, -0.05) is 30.3 Å². The second-order valence-electron chi connectivity index (χ2n) is 7.76. The van der Waals surface area contributed by atoms with E-state index in [1.54, 1.807) is 10.7 Å². The lowest BCUT2D eigenvalue weighted by Gasteiger charge is -2.32. The second kappa shape index (κ2) is 7.81. The Bertz CT molecular complexity index is 1360. The molecule has 0 fully saturated rings. The molecule has 0 radical (unpaired) electrons. The third-order valence-corrected chi connectivity index (χ3v) is 5.61. The maximum absolute atomic E-state index is 12.4. The molecule has 3 heterocycles. The molecule has 2 N–H and O–H groups in total. The lowest BCUT2D eigenvalue weighted by Crippen LogP contribution is -2.26. The van der Waals surface area contributed by atoms with Crippen LogP contribution in [0.25, 0.3) is 21.9 Å². The van der Waals surface area contributed by atoms with Gasteiger partial charge in [-0.15, -0.1) is 0 Å². The molecule has 0 atom stereocenters. The number of aryl methyl sites for hydroxylation is 2. The molecule has 0 unspecified atom stereocenters. The third kappa shape index (κ3) is 3.56. The topological polar surface area (TPSA) is 103 Å². The first kappa shape index (κ1) is 19.7. The number of carbonyl (C=O) groups is 2. The summed E-state index contributed by atoms with van der Waals surface area (Å²) in [7, 11) is 1.90. The van der Waals surface area contributed by atoms with E-state index >= 15 is 0 Å². The van der Waals surface area contributed by atoms with Crippen molar-refractivity contribution in [3.05, 3.63) is 72.2 Å². The normalized spacial score (nSPS) is 13.1. The zero-order chi connectivity index (χ0) is 22.2. The van der Waals surface area contributed by atoms with Gasteiger partial charge in [-0.25, -0.2) is 14.6 Å². The molecule has 0 saturated heterocycles. The number of carbonyl (C=O) groups excluding carboxylic acids is 2. The lowest BCUT2D eigenvalue weighted by molar-refractivity contribution is 0.0632. The molecular weight excluding hydrogens is 406 g/mol. The minimum atomic E-state index is -1.15. The quantitative estimate of drug-likeness (QED) is 0.392. The molecule has 0 bridgehead atoms. The number of fused-ring (bicyclic) bond motifs is 2. The number of rotatable bonds is 3. The van der Waals surface area contributed by atoms with Gasteiger partial charge in [0.15, 0.2) is 5.69 Å². The van der Waals surface area contributed by atoms with Crippen molar-refractivity contribution in [1.29, 1.82) is 0 Å². The van der Waals surface area contributed by atoms with Crippen molar-refractivity contribution in [3.63, 3.8) is 0 Å². The highest BCUT2D eigenvalue weighted by Crippen LogP contribution is 2.38. The molecule has 0 spiro atoms. The molecule has 1 amide bonds. The van der Waals surface area contributed by atoms with Crippen LogP contribution in [-0.2, 0) is 18.2 Å². The van der Waals surface area contributed by atoms with E-state index in [9.17, 15) is 9.59 Å². The fourth-order valence-corrected chi connectivity index (χ4v) is 4.20. The molecule has 2 aromatic carbocycles. The molecule has 4 aromatic rings. The largest absolute Gasteiger partial charge is 0.412 e. The summed E-state index contributed by atoms with van der Waals surface area (Å²) in [5.41, 5.74) is 9.48. The van der Waals surface area contributed by atoms with Gasteiger partial charge in [-0.3, -0.25) is 4.68 Å². The highest BCUT2D eigenvalue weighted by Gasteiger charge is 2.24. The fraction of sp³-hybridized carbons (Fsp3) is 0.167. The Labute approximate surface area is 184 Å². The minimum Gasteiger partial charge on any atom is -0.372 e. The van der Waals surface area contributed by atoms with Gasteiger partial charge in [0.1, 0.15) is 5.82 Å². The average molecular weight is 427 g/mol. The van der Waals surface area contributed by atoms with Gasteiger partial charge >= 0.3 is 12.1 Å². The monoisotopic (exact) mass is 427 g/mol. The second-order valence-corrected chi connectivity index (χ2v) is 7.76. The number of primary amides is 1. The number of amides is 1. The van der Waals surface area contributed by atoms with Crippen molar-refractivity contribution in [2.24, 2.45) is 12.8 Å². The molecule has 1 aliphatic heterocycles. The SMILES string of the molecule is Cn1cc(-c2ccc3c(c2)CCCN3c2nc(C(=O)OC(N)=O)cc3ccccc23)cn1. The van der Waals surface area contributed by atoms with Crippen LogP contribution in [0.2, 0.25) is 0 Å². The van der Waals surface area contributed by atoms with E-state index in [1.807, 2.05) is 43.7 Å². The summed E-state index contributed by atoms with van der Waals surface area (Å²) in [6.45, 7) is 0.755. The zero-order valence-electron chi connectivity index (χ0n) is 17.5. The smallest absolute Gasteiger partial charge is 0.372 e. The first-order valence-corrected chi connectivity index (χ1v) is 10.3. The van der Waals surface area contributed by atoms with E-state index in [2.05, 4.69) is 37.9 Å². The average Bonchev–Trinajstić information content (AvgIpc) is 3.23. The Kier molecular flexibility index (Phi) is 4.82. The highest BCUT2D eigenvalue weighted by molar-refractivity contribution is 6.02. The van der Waals surface area contributed by atoms with Crippen molar-refractivity contribution in [1.82, 2.24) is 14.8 Å². The maximum Gasteiger partial charge on any atom is 0.412 e. The van der Waals surface area contributed by atoms with Crippen LogP contribution < -0.4 is 10.6 Å². The van der Waals surface area contributed by atoms with E-state index in [1.165, 1.54) is 5.56 Å². The number of anilines is 2. The van der Waals surface area contributed by atoms with Gasteiger partial charge < -0.3 is 15.4 Å². The predicted molar refractivity (Wildman–Crippen MR) is 121 cm³/mol. The van der Waals surface area contributed by atoms with Crippen molar-refractivity contribution in [2.45, 2.75) is 12.8 Å². The lowest BCUT2D eigenvalue weighted by atomic mass is 9.97. The Balaban J connectivity index is 1.62. The van der Waals surface area contributed by atoms with Crippen LogP contribution in [0.4, 0.5) is 16.3 Å². The summed E-state index contributed by atoms with van der Waals surface area (Å²) < 4.78 is 6.36. The number of aromatic nitrogens is 3. The molecule has 160 valence electrons. The number of hydrogen-bond acceptors (Lipinski definition) is 6. The van der Waals surface area contributed by atoms with Crippen LogP contribution in [0.1, 0.15) is 22.5 Å². The summed E-state index contributed by atoms with van der Waals surface area (Å²) in [5.74, 6) is -0.219. The number of ether oxygens (including phenoxy) is 1. The van der Waals surface area contributed by atoms with Crippen LogP contribution in [0, 0.1) is 0 Å². The molecule has 32 heavy (non-hydrogen) atoms. The molecule has 8 heteroatoms. The first-order chi connectivity index (χ1) is 15.5. The number of benzene rings is 2. The maximum atomic E-state index is 12.4. The molecule has 0 saturated carbocycles. The predicted octanol–water partition coefficient (Wildman–Crippen LogP) is 3.96. The van der Waals surface area contributed by atoms with Gasteiger partial charge in [0, 0.05) is 36.4 Å². The van der Waals surface area contributed by atoms with Gasteiger partial charge in [-0.05, 0) is 47.6 Å². The zero-order valence-corrected chi connectivity index (χ0v) is 17.5. The van der Waals surface area contributed by atoms with Gasteiger partial charge in [0.2, 0.25) is 0 Å². The number of nitrogens with two attached hydrogens (primary N) is 1. The Morgan fingerprint density at radius 2 is 1.94 bits per heavy atom. The summed E-state index contributed by atoms with van der Waals surface area (Å²) in [5, 5.41) is 6.00. The molecule has 5 rings (SSSR count). The van der Waals surface area contributed by atoms with E-state index in [0.717, 1.165) is 47.0 Å². The van der Waals surface area contributed by atoms with Crippen LogP contribution in [0.15, 0.2) is 60.9 Å². The Morgan fingerprint density at radius 1 is 1.09 bits per heavy atom. The number of pyridine rings is 1. The van der Waals surface area contributed by atoms with Gasteiger partial charge in [-0.2, -0.15) is 5.10 Å². The standard InChI is InChI=1S/C24H21N5O3/c1-28-14-18(13-26-28)15-8-9-21-17(11-15)6-4-10-29(21)22-19-7-3-2-5-16(19)12-20(27-22)23(30)32-24(25)31/h2-3,5,7-9,11-14H,4,6,10H2,1H3,(H2,25,31). The highest BCUT2D eigenvalue weighted by atomic mass is 16.6. The van der Waals surface area contributed by atoms with Crippen molar-refractivity contribution < 1.29 is 14.3 Å². The van der Waals surface area contributed by atoms with Gasteiger partial charge in [0.25, 0.3) is 0 Å². The van der Waals surface area contributed by atoms with Crippen molar-refractivity contribution in [2.75, 3.05) is 11.4 Å². The summed E-state index contributed by atoms with van der Waals surface area (Å²) in [6.07, 6.45) is 4.57. The van der Waals surface area contributed by atoms with E-state index < -0.39 is 12.1 Å². The van der Waals surface area contributed by atoms with Crippen LogP contribution in [0.3, 0.4) is 0 Å². The van der Waals surface area contributed by atoms with Crippen molar-refractivity contribution >= 4 is 34.3 Å². The molecular formula is C24H21N5O3. The van der Waals surface area contributed by atoms with Gasteiger partial charge in [0.05, 0.1) is 6.20 Å². The van der Waals surface area contributed by atoms with E-state index in [-0.39, 0.29) is 5.69 Å². The molecule has 8 nitrogen and oxygen atoms in total.